The molecule has 0 aliphatic carbocycles. The summed E-state index contributed by atoms with van der Waals surface area (Å²) in [6.45, 7) is 0. The van der Waals surface area contributed by atoms with Gasteiger partial charge in [0.05, 0.1) is 10.0 Å². The first kappa shape index (κ1) is 15.7. The zero-order valence-corrected chi connectivity index (χ0v) is 13.6. The van der Waals surface area contributed by atoms with Gasteiger partial charge in [-0.1, -0.05) is 58.5 Å². The number of halogens is 4. The molecule has 0 amide bonds. The van der Waals surface area contributed by atoms with Crippen LogP contribution in [0.4, 0.5) is 0 Å². The maximum Gasteiger partial charge on any atom is 0.805 e. The fraction of sp³-hybridized carbons (Fsp3) is 0. The first-order chi connectivity index (χ1) is 9.49. The van der Waals surface area contributed by atoms with Gasteiger partial charge in [-0.25, -0.2) is 9.05 Å². The first-order valence-electron chi connectivity index (χ1n) is 5.20. The largest absolute Gasteiger partial charge is 0.805 e. The van der Waals surface area contributed by atoms with Gasteiger partial charge in [-0.05, 0) is 24.3 Å². The standard InChI is InChI=1S/C12H6Cl4O3P/c13-7-3-1-5-9(11(7)15)18-20(17)19-10-6-2-4-8(14)12(10)16/h1-6H/q+1. The van der Waals surface area contributed by atoms with E-state index in [1.54, 1.807) is 24.3 Å². The molecule has 20 heavy (non-hydrogen) atoms. The summed E-state index contributed by atoms with van der Waals surface area (Å²) in [7, 11) is -2.53. The van der Waals surface area contributed by atoms with Crippen molar-refractivity contribution in [2.24, 2.45) is 0 Å². The van der Waals surface area contributed by atoms with Crippen LogP contribution in [0.25, 0.3) is 0 Å². The van der Waals surface area contributed by atoms with E-state index in [1.165, 1.54) is 12.1 Å². The Balaban J connectivity index is 2.13. The fourth-order valence-corrected chi connectivity index (χ4v) is 2.72. The molecule has 0 aromatic heterocycles. The molecule has 0 aliphatic heterocycles. The van der Waals surface area contributed by atoms with Crippen LogP contribution in [0.2, 0.25) is 20.1 Å². The Morgan fingerprint density at radius 3 is 1.55 bits per heavy atom. The van der Waals surface area contributed by atoms with Gasteiger partial charge in [0, 0.05) is 4.57 Å². The van der Waals surface area contributed by atoms with E-state index >= 15 is 0 Å². The smallest absolute Gasteiger partial charge is 0.221 e. The molecule has 2 aromatic carbocycles. The van der Waals surface area contributed by atoms with Crippen LogP contribution in [0.1, 0.15) is 0 Å². The molecule has 0 spiro atoms. The van der Waals surface area contributed by atoms with Crippen LogP contribution in [0.3, 0.4) is 0 Å². The lowest BCUT2D eigenvalue weighted by atomic mass is 10.3. The lowest BCUT2D eigenvalue weighted by molar-refractivity contribution is 0.416. The molecular formula is C12H6Cl4O3P+. The monoisotopic (exact) mass is 369 g/mol. The first-order valence-corrected chi connectivity index (χ1v) is 7.81. The summed E-state index contributed by atoms with van der Waals surface area (Å²) >= 11 is 23.5. The lowest BCUT2D eigenvalue weighted by Crippen LogP contribution is -1.90. The molecule has 0 saturated heterocycles. The SMILES string of the molecule is O=[P+](Oc1cccc(Cl)c1Cl)Oc1cccc(Cl)c1Cl. The molecule has 3 nitrogen and oxygen atoms in total. The van der Waals surface area contributed by atoms with Gasteiger partial charge in [0.1, 0.15) is 10.0 Å². The van der Waals surface area contributed by atoms with E-state index in [2.05, 4.69) is 0 Å². The van der Waals surface area contributed by atoms with E-state index in [9.17, 15) is 4.57 Å². The summed E-state index contributed by atoms with van der Waals surface area (Å²) in [6, 6.07) is 9.42. The summed E-state index contributed by atoms with van der Waals surface area (Å²) in [5, 5.41) is 0.873. The molecule has 8 heteroatoms. The molecular weight excluding hydrogens is 365 g/mol. The Labute approximate surface area is 136 Å². The van der Waals surface area contributed by atoms with E-state index < -0.39 is 8.25 Å². The second kappa shape index (κ2) is 6.84. The van der Waals surface area contributed by atoms with Crippen molar-refractivity contribution in [1.29, 1.82) is 0 Å². The topological polar surface area (TPSA) is 35.5 Å². The Morgan fingerprint density at radius 2 is 1.15 bits per heavy atom. The van der Waals surface area contributed by atoms with Gasteiger partial charge >= 0.3 is 8.25 Å². The average molecular weight is 371 g/mol. The summed E-state index contributed by atoms with van der Waals surface area (Å²) in [5.41, 5.74) is 0. The van der Waals surface area contributed by atoms with Crippen LogP contribution in [0.15, 0.2) is 36.4 Å². The normalized spacial score (nSPS) is 10.2. The van der Waals surface area contributed by atoms with Gasteiger partial charge in [-0.15, -0.1) is 0 Å². The highest BCUT2D eigenvalue weighted by Gasteiger charge is 2.28. The zero-order chi connectivity index (χ0) is 14.7. The predicted octanol–water partition coefficient (Wildman–Crippen LogP) is 6.42. The van der Waals surface area contributed by atoms with Crippen molar-refractivity contribution in [3.8, 4) is 11.5 Å². The molecule has 0 saturated carbocycles. The molecule has 0 N–H and O–H groups in total. The Bertz CT molecular complexity index is 608. The third-order valence-corrected chi connectivity index (χ3v) is 4.47. The minimum absolute atomic E-state index is 0.151. The third kappa shape index (κ3) is 3.69. The Kier molecular flexibility index (Phi) is 5.36. The average Bonchev–Trinajstić information content (AvgIpc) is 2.40. The Hall–Kier alpha value is -0.700. The molecule has 0 bridgehead atoms. The highest BCUT2D eigenvalue weighted by molar-refractivity contribution is 7.34. The molecule has 104 valence electrons. The number of benzene rings is 2. The van der Waals surface area contributed by atoms with Crippen LogP contribution in [-0.4, -0.2) is 0 Å². The molecule has 0 aliphatic rings. The maximum absolute atomic E-state index is 11.8. The van der Waals surface area contributed by atoms with Gasteiger partial charge in [0.2, 0.25) is 11.5 Å². The summed E-state index contributed by atoms with van der Waals surface area (Å²) in [5.74, 6) is 0.303. The maximum atomic E-state index is 11.8. The van der Waals surface area contributed by atoms with Gasteiger partial charge in [0.15, 0.2) is 0 Å². The second-order valence-corrected chi connectivity index (χ2v) is 5.89. The minimum atomic E-state index is -2.53. The molecule has 0 radical (unpaired) electrons. The fourth-order valence-electron chi connectivity index (χ4n) is 1.29. The van der Waals surface area contributed by atoms with Crippen molar-refractivity contribution in [3.05, 3.63) is 56.5 Å². The van der Waals surface area contributed by atoms with Crippen molar-refractivity contribution in [3.63, 3.8) is 0 Å². The molecule has 0 heterocycles. The van der Waals surface area contributed by atoms with Crippen LogP contribution >= 0.6 is 54.7 Å². The van der Waals surface area contributed by atoms with Crippen LogP contribution in [0, 0.1) is 0 Å². The molecule has 2 aromatic rings. The summed E-state index contributed by atoms with van der Waals surface area (Å²) < 4.78 is 22.0. The van der Waals surface area contributed by atoms with Gasteiger partial charge < -0.3 is 0 Å². The van der Waals surface area contributed by atoms with E-state index in [1.807, 2.05) is 0 Å². The van der Waals surface area contributed by atoms with Crippen LogP contribution in [-0.2, 0) is 4.57 Å². The van der Waals surface area contributed by atoms with Crippen molar-refractivity contribution >= 4 is 54.7 Å². The van der Waals surface area contributed by atoms with Crippen molar-refractivity contribution < 1.29 is 13.6 Å². The zero-order valence-electron chi connectivity index (χ0n) is 9.65. The molecule has 0 atom stereocenters. The highest BCUT2D eigenvalue weighted by atomic mass is 35.5. The minimum Gasteiger partial charge on any atom is -0.221 e. The highest BCUT2D eigenvalue weighted by Crippen LogP contribution is 2.40. The van der Waals surface area contributed by atoms with Gasteiger partial charge in [0.25, 0.3) is 0 Å². The van der Waals surface area contributed by atoms with E-state index in [-0.39, 0.29) is 31.6 Å². The quantitative estimate of drug-likeness (QED) is 0.583. The molecule has 2 rings (SSSR count). The van der Waals surface area contributed by atoms with Crippen LogP contribution < -0.4 is 9.05 Å². The van der Waals surface area contributed by atoms with Crippen molar-refractivity contribution in [2.45, 2.75) is 0 Å². The second-order valence-electron chi connectivity index (χ2n) is 3.51. The number of hydrogen-bond acceptors (Lipinski definition) is 3. The predicted molar refractivity (Wildman–Crippen MR) is 81.8 cm³/mol. The molecule has 0 unspecified atom stereocenters. The van der Waals surface area contributed by atoms with Gasteiger partial charge in [-0.2, -0.15) is 0 Å². The Morgan fingerprint density at radius 1 is 0.750 bits per heavy atom. The summed E-state index contributed by atoms with van der Waals surface area (Å²) in [6.07, 6.45) is 0. The van der Waals surface area contributed by atoms with Crippen LogP contribution in [0.5, 0.6) is 11.5 Å². The van der Waals surface area contributed by atoms with E-state index in [0.717, 1.165) is 0 Å². The lowest BCUT2D eigenvalue weighted by Gasteiger charge is -2.00. The number of hydrogen-bond donors (Lipinski definition) is 0. The van der Waals surface area contributed by atoms with E-state index in [0.29, 0.717) is 0 Å². The van der Waals surface area contributed by atoms with Crippen molar-refractivity contribution in [2.75, 3.05) is 0 Å². The third-order valence-electron chi connectivity index (χ3n) is 2.18. The van der Waals surface area contributed by atoms with Crippen molar-refractivity contribution in [1.82, 2.24) is 0 Å². The van der Waals surface area contributed by atoms with E-state index in [4.69, 9.17) is 55.5 Å². The number of rotatable bonds is 4. The summed E-state index contributed by atoms with van der Waals surface area (Å²) in [4.78, 5) is 0. The molecule has 0 fully saturated rings. The van der Waals surface area contributed by atoms with Gasteiger partial charge in [-0.3, -0.25) is 0 Å².